The molecular weight excluding hydrogens is 252 g/mol. The molecule has 1 heterocycles. The highest BCUT2D eigenvalue weighted by Crippen LogP contribution is 2.17. The van der Waals surface area contributed by atoms with Gasteiger partial charge in [-0.15, -0.1) is 0 Å². The summed E-state index contributed by atoms with van der Waals surface area (Å²) in [4.78, 5) is 18.4. The molecular formula is C15H30N4O. The Morgan fingerprint density at radius 3 is 2.65 bits per heavy atom. The molecule has 0 saturated carbocycles. The first-order chi connectivity index (χ1) is 9.58. The summed E-state index contributed by atoms with van der Waals surface area (Å²) in [5.41, 5.74) is 0. The van der Waals surface area contributed by atoms with E-state index in [4.69, 9.17) is 0 Å². The highest BCUT2D eigenvalue weighted by Gasteiger charge is 2.26. The maximum absolute atomic E-state index is 11.8. The molecule has 0 aromatic carbocycles. The fourth-order valence-corrected chi connectivity index (χ4v) is 2.55. The standard InChI is InChI=1S/C15H30N4O/c1-5-13(19-11-7-8-14(19)20)9-10-17-15(16-6-2)18-12(3)4/h12-13H,5-11H2,1-4H3,(H2,16,17,18). The van der Waals surface area contributed by atoms with E-state index in [-0.39, 0.29) is 0 Å². The van der Waals surface area contributed by atoms with Gasteiger partial charge in [-0.1, -0.05) is 6.92 Å². The average Bonchev–Trinajstić information content (AvgIpc) is 2.80. The van der Waals surface area contributed by atoms with Gasteiger partial charge in [0.05, 0.1) is 0 Å². The highest BCUT2D eigenvalue weighted by molar-refractivity contribution is 5.80. The predicted molar refractivity (Wildman–Crippen MR) is 83.9 cm³/mol. The fraction of sp³-hybridized carbons (Fsp3) is 0.867. The molecule has 0 aliphatic carbocycles. The van der Waals surface area contributed by atoms with Crippen LogP contribution in [0.25, 0.3) is 0 Å². The predicted octanol–water partition coefficient (Wildman–Crippen LogP) is 1.74. The Labute approximate surface area is 123 Å². The number of rotatable bonds is 7. The van der Waals surface area contributed by atoms with E-state index in [9.17, 15) is 4.79 Å². The monoisotopic (exact) mass is 282 g/mol. The number of amides is 1. The summed E-state index contributed by atoms with van der Waals surface area (Å²) >= 11 is 0. The molecule has 0 aromatic rings. The maximum atomic E-state index is 11.8. The number of hydrogen-bond donors (Lipinski definition) is 2. The van der Waals surface area contributed by atoms with Gasteiger partial charge in [-0.25, -0.2) is 0 Å². The van der Waals surface area contributed by atoms with E-state index in [0.717, 1.165) is 51.3 Å². The molecule has 1 saturated heterocycles. The van der Waals surface area contributed by atoms with Gasteiger partial charge in [0.2, 0.25) is 5.91 Å². The van der Waals surface area contributed by atoms with Crippen molar-refractivity contribution < 1.29 is 4.79 Å². The molecule has 1 fully saturated rings. The fourth-order valence-electron chi connectivity index (χ4n) is 2.55. The Balaban J connectivity index is 2.47. The molecule has 116 valence electrons. The first-order valence-corrected chi connectivity index (χ1v) is 7.92. The molecule has 0 radical (unpaired) electrons. The number of carbonyl (C=O) groups excluding carboxylic acids is 1. The van der Waals surface area contributed by atoms with Gasteiger partial charge in [-0.2, -0.15) is 0 Å². The normalized spacial score (nSPS) is 17.8. The third-order valence-corrected chi connectivity index (χ3v) is 3.52. The van der Waals surface area contributed by atoms with E-state index in [1.54, 1.807) is 0 Å². The molecule has 0 aromatic heterocycles. The van der Waals surface area contributed by atoms with E-state index >= 15 is 0 Å². The van der Waals surface area contributed by atoms with Crippen LogP contribution in [0.4, 0.5) is 0 Å². The van der Waals surface area contributed by atoms with Gasteiger partial charge in [0, 0.05) is 38.1 Å². The lowest BCUT2D eigenvalue weighted by molar-refractivity contribution is -0.129. The van der Waals surface area contributed by atoms with Crippen molar-refractivity contribution in [1.82, 2.24) is 15.5 Å². The molecule has 5 nitrogen and oxygen atoms in total. The van der Waals surface area contributed by atoms with Gasteiger partial charge in [-0.3, -0.25) is 9.79 Å². The molecule has 0 bridgehead atoms. The largest absolute Gasteiger partial charge is 0.357 e. The summed E-state index contributed by atoms with van der Waals surface area (Å²) in [7, 11) is 0. The van der Waals surface area contributed by atoms with Crippen molar-refractivity contribution >= 4 is 11.9 Å². The second kappa shape index (κ2) is 8.82. The van der Waals surface area contributed by atoms with Crippen LogP contribution in [0.5, 0.6) is 0 Å². The molecule has 5 heteroatoms. The van der Waals surface area contributed by atoms with Crippen molar-refractivity contribution in [3.8, 4) is 0 Å². The van der Waals surface area contributed by atoms with Gasteiger partial charge in [0.1, 0.15) is 0 Å². The van der Waals surface area contributed by atoms with Crippen molar-refractivity contribution in [2.24, 2.45) is 4.99 Å². The smallest absolute Gasteiger partial charge is 0.222 e. The van der Waals surface area contributed by atoms with Gasteiger partial charge >= 0.3 is 0 Å². The van der Waals surface area contributed by atoms with Crippen LogP contribution in [-0.2, 0) is 4.79 Å². The van der Waals surface area contributed by atoms with Crippen molar-refractivity contribution in [2.45, 2.75) is 65.5 Å². The Morgan fingerprint density at radius 1 is 1.40 bits per heavy atom. The van der Waals surface area contributed by atoms with Crippen LogP contribution in [0.2, 0.25) is 0 Å². The summed E-state index contributed by atoms with van der Waals surface area (Å²) in [6.07, 6.45) is 3.68. The van der Waals surface area contributed by atoms with Crippen LogP contribution in [0.1, 0.15) is 53.4 Å². The SMILES string of the molecule is CCNC(=NCCC(CC)N1CCCC1=O)NC(C)C. The van der Waals surface area contributed by atoms with Crippen molar-refractivity contribution in [2.75, 3.05) is 19.6 Å². The minimum absolute atomic E-state index is 0.313. The lowest BCUT2D eigenvalue weighted by atomic mass is 10.1. The number of nitrogens with zero attached hydrogens (tertiary/aromatic N) is 2. The molecule has 1 unspecified atom stereocenters. The lowest BCUT2D eigenvalue weighted by Gasteiger charge is -2.26. The third kappa shape index (κ3) is 5.39. The number of aliphatic imine (C=N–C) groups is 1. The van der Waals surface area contributed by atoms with E-state index in [2.05, 4.69) is 43.3 Å². The number of carbonyl (C=O) groups is 1. The van der Waals surface area contributed by atoms with Crippen LogP contribution in [0, 0.1) is 0 Å². The van der Waals surface area contributed by atoms with Crippen molar-refractivity contribution in [1.29, 1.82) is 0 Å². The first kappa shape index (κ1) is 16.8. The summed E-state index contributed by atoms with van der Waals surface area (Å²) in [5.74, 6) is 1.18. The number of guanidine groups is 1. The maximum Gasteiger partial charge on any atom is 0.222 e. The topological polar surface area (TPSA) is 56.7 Å². The van der Waals surface area contributed by atoms with Crippen LogP contribution < -0.4 is 10.6 Å². The number of likely N-dealkylation sites (tertiary alicyclic amines) is 1. The highest BCUT2D eigenvalue weighted by atomic mass is 16.2. The Kier molecular flexibility index (Phi) is 7.41. The second-order valence-corrected chi connectivity index (χ2v) is 5.60. The average molecular weight is 282 g/mol. The summed E-state index contributed by atoms with van der Waals surface area (Å²) in [6, 6.07) is 0.714. The molecule has 2 N–H and O–H groups in total. The number of hydrogen-bond acceptors (Lipinski definition) is 2. The van der Waals surface area contributed by atoms with E-state index in [1.165, 1.54) is 0 Å². The van der Waals surface area contributed by atoms with Crippen LogP contribution in [0.3, 0.4) is 0 Å². The molecule has 1 atom stereocenters. The Hall–Kier alpha value is -1.26. The second-order valence-electron chi connectivity index (χ2n) is 5.60. The molecule has 1 aliphatic rings. The van der Waals surface area contributed by atoms with Crippen molar-refractivity contribution in [3.63, 3.8) is 0 Å². The van der Waals surface area contributed by atoms with E-state index in [0.29, 0.717) is 18.0 Å². The third-order valence-electron chi connectivity index (χ3n) is 3.52. The quantitative estimate of drug-likeness (QED) is 0.552. The van der Waals surface area contributed by atoms with Gasteiger partial charge in [0.25, 0.3) is 0 Å². The number of nitrogens with one attached hydrogen (secondary N) is 2. The zero-order valence-corrected chi connectivity index (χ0v) is 13.4. The van der Waals surface area contributed by atoms with Crippen molar-refractivity contribution in [3.05, 3.63) is 0 Å². The summed E-state index contributed by atoms with van der Waals surface area (Å²) in [5, 5.41) is 6.55. The minimum Gasteiger partial charge on any atom is -0.357 e. The van der Waals surface area contributed by atoms with E-state index in [1.807, 2.05) is 4.90 Å². The molecule has 1 amide bonds. The molecule has 1 rings (SSSR count). The van der Waals surface area contributed by atoms with Gasteiger partial charge < -0.3 is 15.5 Å². The first-order valence-electron chi connectivity index (χ1n) is 7.92. The van der Waals surface area contributed by atoms with Crippen LogP contribution in [-0.4, -0.2) is 48.5 Å². The molecule has 20 heavy (non-hydrogen) atoms. The van der Waals surface area contributed by atoms with Gasteiger partial charge in [0.15, 0.2) is 5.96 Å². The van der Waals surface area contributed by atoms with Crippen LogP contribution >= 0.6 is 0 Å². The van der Waals surface area contributed by atoms with Gasteiger partial charge in [-0.05, 0) is 40.0 Å². The Morgan fingerprint density at radius 2 is 2.15 bits per heavy atom. The molecule has 0 spiro atoms. The zero-order valence-electron chi connectivity index (χ0n) is 13.4. The Bertz CT molecular complexity index is 328. The zero-order chi connectivity index (χ0) is 15.0. The molecule has 1 aliphatic heterocycles. The van der Waals surface area contributed by atoms with E-state index < -0.39 is 0 Å². The summed E-state index contributed by atoms with van der Waals surface area (Å²) in [6.45, 7) is 11.0. The minimum atomic E-state index is 0.313. The summed E-state index contributed by atoms with van der Waals surface area (Å²) < 4.78 is 0. The lowest BCUT2D eigenvalue weighted by Crippen LogP contribution is -2.41. The van der Waals surface area contributed by atoms with Crippen LogP contribution in [0.15, 0.2) is 4.99 Å².